The molecule has 0 amide bonds. The van der Waals surface area contributed by atoms with Crippen molar-refractivity contribution in [2.45, 2.75) is 23.6 Å². The number of carboxylic acid groups (broad SMARTS) is 1. The number of carboxylic acids is 1. The van der Waals surface area contributed by atoms with Crippen LogP contribution in [0.2, 0.25) is 0 Å². The maximum Gasteiger partial charge on any atom is 0.335 e. The van der Waals surface area contributed by atoms with E-state index in [-0.39, 0.29) is 16.2 Å². The highest BCUT2D eigenvalue weighted by Crippen LogP contribution is 2.41. The lowest BCUT2D eigenvalue weighted by molar-refractivity contribution is 0.0696. The largest absolute Gasteiger partial charge is 0.478 e. The van der Waals surface area contributed by atoms with Gasteiger partial charge in [-0.1, -0.05) is 32.0 Å². The maximum atomic E-state index is 12.0. The topological polar surface area (TPSA) is 80.7 Å². The molecule has 0 atom stereocenters. The summed E-state index contributed by atoms with van der Waals surface area (Å²) in [6.07, 6.45) is 0. The van der Waals surface area contributed by atoms with Gasteiger partial charge >= 0.3 is 5.97 Å². The van der Waals surface area contributed by atoms with Crippen molar-refractivity contribution >= 4 is 37.5 Å². The van der Waals surface area contributed by atoms with Crippen LogP contribution >= 0.6 is 22.4 Å². The highest BCUT2D eigenvalue weighted by molar-refractivity contribution is 8.13. The Morgan fingerprint density at radius 2 is 1.88 bits per heavy atom. The van der Waals surface area contributed by atoms with Gasteiger partial charge in [0.05, 0.1) is 10.5 Å². The third kappa shape index (κ3) is 5.39. The van der Waals surface area contributed by atoms with Crippen LogP contribution in [0.15, 0.2) is 52.3 Å². The molecule has 0 aromatic heterocycles. The number of hydrogen-bond donors (Lipinski definition) is 1. The lowest BCUT2D eigenvalue weighted by Crippen LogP contribution is -2.04. The highest BCUT2D eigenvalue weighted by Gasteiger charge is 2.24. The standard InChI is InChI=1S/C17H17ClO5S2/c1-11(2)10-24-14-8-12(17(19)20)9-15(25(18,21)22)16(14)23-13-6-4-3-5-7-13/h3-9,11H,10H2,1-2H3,(H,19,20). The van der Waals surface area contributed by atoms with E-state index < -0.39 is 15.0 Å². The lowest BCUT2D eigenvalue weighted by atomic mass is 10.2. The minimum Gasteiger partial charge on any atom is -0.478 e. The van der Waals surface area contributed by atoms with E-state index in [9.17, 15) is 18.3 Å². The smallest absolute Gasteiger partial charge is 0.335 e. The van der Waals surface area contributed by atoms with Crippen LogP contribution in [0.1, 0.15) is 24.2 Å². The second-order valence-corrected chi connectivity index (χ2v) is 9.26. The molecule has 2 aromatic rings. The molecule has 0 bridgehead atoms. The van der Waals surface area contributed by atoms with Crippen molar-refractivity contribution in [1.82, 2.24) is 0 Å². The Kier molecular flexibility index (Phi) is 6.37. The van der Waals surface area contributed by atoms with Gasteiger partial charge < -0.3 is 9.84 Å². The summed E-state index contributed by atoms with van der Waals surface area (Å²) in [6, 6.07) is 11.1. The van der Waals surface area contributed by atoms with E-state index in [1.54, 1.807) is 30.3 Å². The van der Waals surface area contributed by atoms with Crippen molar-refractivity contribution in [3.63, 3.8) is 0 Å². The molecule has 5 nitrogen and oxygen atoms in total. The third-order valence-corrected chi connectivity index (χ3v) is 5.84. The summed E-state index contributed by atoms with van der Waals surface area (Å²) < 4.78 is 29.7. The van der Waals surface area contributed by atoms with Crippen molar-refractivity contribution in [2.24, 2.45) is 5.92 Å². The number of rotatable bonds is 7. The Hall–Kier alpha value is -1.70. The molecule has 8 heteroatoms. The van der Waals surface area contributed by atoms with E-state index in [0.29, 0.717) is 22.3 Å². The summed E-state index contributed by atoms with van der Waals surface area (Å²) in [5.74, 6) is 0.212. The van der Waals surface area contributed by atoms with Crippen LogP contribution in [0.25, 0.3) is 0 Å². The number of halogens is 1. The van der Waals surface area contributed by atoms with Gasteiger partial charge in [-0.05, 0) is 30.2 Å². The predicted molar refractivity (Wildman–Crippen MR) is 98.5 cm³/mol. The molecule has 0 aliphatic heterocycles. The highest BCUT2D eigenvalue weighted by atomic mass is 35.7. The zero-order chi connectivity index (χ0) is 18.6. The van der Waals surface area contributed by atoms with Crippen molar-refractivity contribution < 1.29 is 23.1 Å². The fourth-order valence-corrected chi connectivity index (χ4v) is 4.01. The van der Waals surface area contributed by atoms with Gasteiger partial charge in [-0.15, -0.1) is 11.8 Å². The first kappa shape index (κ1) is 19.6. The van der Waals surface area contributed by atoms with Crippen LogP contribution in [-0.2, 0) is 9.05 Å². The van der Waals surface area contributed by atoms with Crippen LogP contribution in [0.4, 0.5) is 0 Å². The number of benzene rings is 2. The minimum atomic E-state index is -4.20. The average Bonchev–Trinajstić information content (AvgIpc) is 2.53. The van der Waals surface area contributed by atoms with Gasteiger partial charge in [0.2, 0.25) is 0 Å². The molecule has 0 saturated heterocycles. The van der Waals surface area contributed by atoms with Gasteiger partial charge in [-0.25, -0.2) is 13.2 Å². The number of aromatic carboxylic acids is 1. The lowest BCUT2D eigenvalue weighted by Gasteiger charge is -2.16. The van der Waals surface area contributed by atoms with Crippen molar-refractivity contribution in [3.05, 3.63) is 48.0 Å². The molecule has 0 unspecified atom stereocenters. The second kappa shape index (κ2) is 8.12. The van der Waals surface area contributed by atoms with Crippen LogP contribution in [0.3, 0.4) is 0 Å². The van der Waals surface area contributed by atoms with Gasteiger partial charge in [-0.2, -0.15) is 0 Å². The SMILES string of the molecule is CC(C)CSc1cc(C(=O)O)cc(S(=O)(=O)Cl)c1Oc1ccccc1. The quantitative estimate of drug-likeness (QED) is 0.528. The monoisotopic (exact) mass is 400 g/mol. The van der Waals surface area contributed by atoms with E-state index in [0.717, 1.165) is 6.07 Å². The molecule has 0 heterocycles. The molecule has 0 radical (unpaired) electrons. The summed E-state index contributed by atoms with van der Waals surface area (Å²) >= 11 is 1.32. The van der Waals surface area contributed by atoms with Gasteiger partial charge in [-0.3, -0.25) is 0 Å². The summed E-state index contributed by atoms with van der Waals surface area (Å²) in [5.41, 5.74) is -0.161. The number of ether oxygens (including phenoxy) is 1. The van der Waals surface area contributed by atoms with Crippen LogP contribution < -0.4 is 4.74 Å². The van der Waals surface area contributed by atoms with Gasteiger partial charge in [0.25, 0.3) is 9.05 Å². The Morgan fingerprint density at radius 3 is 2.40 bits per heavy atom. The first-order chi connectivity index (χ1) is 11.7. The molecule has 2 rings (SSSR count). The van der Waals surface area contributed by atoms with Crippen LogP contribution in [-0.4, -0.2) is 25.2 Å². The minimum absolute atomic E-state index is 0.0388. The van der Waals surface area contributed by atoms with E-state index in [2.05, 4.69) is 0 Å². The molecule has 0 saturated carbocycles. The van der Waals surface area contributed by atoms with Crippen molar-refractivity contribution in [2.75, 3.05) is 5.75 Å². The van der Waals surface area contributed by atoms with Crippen molar-refractivity contribution in [1.29, 1.82) is 0 Å². The maximum absolute atomic E-state index is 12.0. The second-order valence-electron chi connectivity index (χ2n) is 5.66. The number of thioether (sulfide) groups is 1. The number of hydrogen-bond acceptors (Lipinski definition) is 5. The first-order valence-corrected chi connectivity index (χ1v) is 10.7. The Balaban J connectivity index is 2.63. The summed E-state index contributed by atoms with van der Waals surface area (Å²) in [6.45, 7) is 4.01. The molecule has 0 fully saturated rings. The molecule has 0 spiro atoms. The zero-order valence-corrected chi connectivity index (χ0v) is 16.0. The van der Waals surface area contributed by atoms with E-state index in [1.165, 1.54) is 17.8 Å². The van der Waals surface area contributed by atoms with Gasteiger partial charge in [0, 0.05) is 16.4 Å². The first-order valence-electron chi connectivity index (χ1n) is 7.40. The summed E-state index contributed by atoms with van der Waals surface area (Å²) in [5, 5.41) is 9.27. The number of carbonyl (C=O) groups is 1. The fraction of sp³-hybridized carbons (Fsp3) is 0.235. The fourth-order valence-electron chi connectivity index (χ4n) is 1.95. The molecule has 2 aromatic carbocycles. The summed E-state index contributed by atoms with van der Waals surface area (Å²) in [7, 11) is 1.33. The molecular weight excluding hydrogens is 384 g/mol. The molecule has 0 aliphatic rings. The van der Waals surface area contributed by atoms with E-state index in [1.807, 2.05) is 13.8 Å². The molecule has 0 aliphatic carbocycles. The Bertz CT molecular complexity index is 864. The molecule has 1 N–H and O–H groups in total. The molecule has 25 heavy (non-hydrogen) atoms. The Morgan fingerprint density at radius 1 is 1.24 bits per heavy atom. The predicted octanol–water partition coefficient (Wildman–Crippen LogP) is 4.85. The Labute approximate surface area is 155 Å². The van der Waals surface area contributed by atoms with Gasteiger partial charge in [0.15, 0.2) is 5.75 Å². The molecular formula is C17H17ClO5S2. The average molecular weight is 401 g/mol. The molecule has 134 valence electrons. The van der Waals surface area contributed by atoms with Crippen LogP contribution in [0, 0.1) is 5.92 Å². The number of para-hydroxylation sites is 1. The van der Waals surface area contributed by atoms with E-state index in [4.69, 9.17) is 15.4 Å². The third-order valence-electron chi connectivity index (χ3n) is 3.07. The van der Waals surface area contributed by atoms with Crippen molar-refractivity contribution in [3.8, 4) is 11.5 Å². The van der Waals surface area contributed by atoms with Crippen LogP contribution in [0.5, 0.6) is 11.5 Å². The van der Waals surface area contributed by atoms with E-state index >= 15 is 0 Å². The van der Waals surface area contributed by atoms with Gasteiger partial charge in [0.1, 0.15) is 10.6 Å². The normalized spacial score (nSPS) is 11.5. The summed E-state index contributed by atoms with van der Waals surface area (Å²) in [4.78, 5) is 11.4. The zero-order valence-electron chi connectivity index (χ0n) is 13.6.